The van der Waals surface area contributed by atoms with Crippen molar-refractivity contribution >= 4 is 23.2 Å². The monoisotopic (exact) mass is 279 g/mol. The van der Waals surface area contributed by atoms with Crippen LogP contribution in [0.2, 0.25) is 0 Å². The van der Waals surface area contributed by atoms with E-state index in [4.69, 9.17) is 0 Å². The minimum absolute atomic E-state index is 0.0128. The summed E-state index contributed by atoms with van der Waals surface area (Å²) in [6.45, 7) is 0.773. The Morgan fingerprint density at radius 1 is 1.42 bits per heavy atom. The summed E-state index contributed by atoms with van der Waals surface area (Å²) in [5.74, 6) is 0.0481. The lowest BCUT2D eigenvalue weighted by molar-refractivity contribution is -0.138. The molecule has 0 spiro atoms. The van der Waals surface area contributed by atoms with Crippen molar-refractivity contribution in [2.45, 2.75) is 44.2 Å². The van der Waals surface area contributed by atoms with Gasteiger partial charge in [0, 0.05) is 24.5 Å². The van der Waals surface area contributed by atoms with E-state index in [-0.39, 0.29) is 23.9 Å². The van der Waals surface area contributed by atoms with Gasteiger partial charge in [-0.3, -0.25) is 9.59 Å². The Morgan fingerprint density at radius 2 is 2.32 bits per heavy atom. The van der Waals surface area contributed by atoms with E-state index < -0.39 is 0 Å². The summed E-state index contributed by atoms with van der Waals surface area (Å²) in [6, 6.07) is -0.230. The van der Waals surface area contributed by atoms with Crippen molar-refractivity contribution in [1.82, 2.24) is 15.2 Å². The van der Waals surface area contributed by atoms with Crippen LogP contribution in [0.15, 0.2) is 11.6 Å². The summed E-state index contributed by atoms with van der Waals surface area (Å²) >= 11 is 1.60. The van der Waals surface area contributed by atoms with E-state index in [2.05, 4.69) is 10.3 Å². The van der Waals surface area contributed by atoms with Gasteiger partial charge in [0.2, 0.25) is 11.8 Å². The fourth-order valence-corrected chi connectivity index (χ4v) is 3.64. The van der Waals surface area contributed by atoms with Crippen LogP contribution in [0.4, 0.5) is 0 Å². The SMILES string of the molecule is O=C1CC[C@@H](C(=O)N2CCCC[C@H]2c2nccs2)N1. The Morgan fingerprint density at radius 3 is 3.00 bits per heavy atom. The first-order chi connectivity index (χ1) is 9.25. The van der Waals surface area contributed by atoms with Gasteiger partial charge < -0.3 is 10.2 Å². The minimum Gasteiger partial charge on any atom is -0.344 e. The van der Waals surface area contributed by atoms with Crippen LogP contribution in [0.1, 0.15) is 43.2 Å². The zero-order chi connectivity index (χ0) is 13.2. The number of hydrogen-bond acceptors (Lipinski definition) is 4. The molecule has 0 bridgehead atoms. The van der Waals surface area contributed by atoms with Gasteiger partial charge in [0.25, 0.3) is 0 Å². The highest BCUT2D eigenvalue weighted by Gasteiger charge is 2.36. The third-order valence-corrected chi connectivity index (χ3v) is 4.69. The molecule has 1 N–H and O–H groups in total. The zero-order valence-electron chi connectivity index (χ0n) is 10.7. The average molecular weight is 279 g/mol. The fraction of sp³-hybridized carbons (Fsp3) is 0.615. The number of carbonyl (C=O) groups is 2. The largest absolute Gasteiger partial charge is 0.344 e. The first kappa shape index (κ1) is 12.6. The quantitative estimate of drug-likeness (QED) is 0.892. The van der Waals surface area contributed by atoms with Gasteiger partial charge in [-0.1, -0.05) is 0 Å². The van der Waals surface area contributed by atoms with Crippen LogP contribution in [-0.2, 0) is 9.59 Å². The van der Waals surface area contributed by atoms with Crippen molar-refractivity contribution in [3.63, 3.8) is 0 Å². The number of thiazole rings is 1. The van der Waals surface area contributed by atoms with E-state index in [1.54, 1.807) is 17.5 Å². The Hall–Kier alpha value is -1.43. The van der Waals surface area contributed by atoms with Gasteiger partial charge >= 0.3 is 0 Å². The van der Waals surface area contributed by atoms with Crippen molar-refractivity contribution in [2.24, 2.45) is 0 Å². The molecular weight excluding hydrogens is 262 g/mol. The van der Waals surface area contributed by atoms with Crippen molar-refractivity contribution in [3.05, 3.63) is 16.6 Å². The van der Waals surface area contributed by atoms with Gasteiger partial charge in [-0.15, -0.1) is 11.3 Å². The highest BCUT2D eigenvalue weighted by molar-refractivity contribution is 7.09. The smallest absolute Gasteiger partial charge is 0.245 e. The van der Waals surface area contributed by atoms with Crippen LogP contribution >= 0.6 is 11.3 Å². The van der Waals surface area contributed by atoms with Gasteiger partial charge in [-0.25, -0.2) is 4.98 Å². The third-order valence-electron chi connectivity index (χ3n) is 3.82. The van der Waals surface area contributed by atoms with Gasteiger partial charge in [0.05, 0.1) is 6.04 Å². The molecule has 0 unspecified atom stereocenters. The lowest BCUT2D eigenvalue weighted by atomic mass is 10.0. The lowest BCUT2D eigenvalue weighted by Gasteiger charge is -2.36. The normalized spacial score (nSPS) is 27.4. The van der Waals surface area contributed by atoms with Crippen LogP contribution < -0.4 is 5.32 Å². The van der Waals surface area contributed by atoms with Crippen LogP contribution in [0, 0.1) is 0 Å². The molecule has 2 aliphatic rings. The molecule has 0 aliphatic carbocycles. The Kier molecular flexibility index (Phi) is 3.50. The molecule has 3 heterocycles. The maximum absolute atomic E-state index is 12.5. The summed E-state index contributed by atoms with van der Waals surface area (Å²) in [7, 11) is 0. The summed E-state index contributed by atoms with van der Waals surface area (Å²) < 4.78 is 0. The topological polar surface area (TPSA) is 62.3 Å². The maximum atomic E-state index is 12.5. The fourth-order valence-electron chi connectivity index (χ4n) is 2.85. The average Bonchev–Trinajstić information content (AvgIpc) is 3.09. The van der Waals surface area contributed by atoms with Crippen molar-refractivity contribution in [2.75, 3.05) is 6.54 Å². The van der Waals surface area contributed by atoms with E-state index in [1.807, 2.05) is 10.3 Å². The number of aromatic nitrogens is 1. The molecule has 5 nitrogen and oxygen atoms in total. The van der Waals surface area contributed by atoms with Gasteiger partial charge in [-0.2, -0.15) is 0 Å². The number of likely N-dealkylation sites (tertiary alicyclic amines) is 1. The highest BCUT2D eigenvalue weighted by atomic mass is 32.1. The molecule has 2 fully saturated rings. The number of nitrogens with zero attached hydrogens (tertiary/aromatic N) is 2. The second-order valence-electron chi connectivity index (χ2n) is 5.07. The van der Waals surface area contributed by atoms with Crippen LogP contribution in [0.5, 0.6) is 0 Å². The molecule has 0 saturated carbocycles. The number of nitrogens with one attached hydrogen (secondary N) is 1. The number of rotatable bonds is 2. The number of piperidine rings is 1. The van der Waals surface area contributed by atoms with E-state index in [0.29, 0.717) is 12.8 Å². The molecule has 19 heavy (non-hydrogen) atoms. The lowest BCUT2D eigenvalue weighted by Crippen LogP contribution is -2.47. The van der Waals surface area contributed by atoms with Gasteiger partial charge in [-0.05, 0) is 25.7 Å². The second-order valence-corrected chi connectivity index (χ2v) is 6.00. The molecule has 2 atom stereocenters. The van der Waals surface area contributed by atoms with Gasteiger partial charge in [0.15, 0.2) is 0 Å². The first-order valence-electron chi connectivity index (χ1n) is 6.75. The van der Waals surface area contributed by atoms with E-state index >= 15 is 0 Å². The van der Waals surface area contributed by atoms with E-state index in [1.165, 1.54) is 0 Å². The number of hydrogen-bond donors (Lipinski definition) is 1. The summed E-state index contributed by atoms with van der Waals surface area (Å²) in [5.41, 5.74) is 0. The number of amides is 2. The summed E-state index contributed by atoms with van der Waals surface area (Å²) in [6.07, 6.45) is 6.01. The van der Waals surface area contributed by atoms with Crippen molar-refractivity contribution in [3.8, 4) is 0 Å². The Balaban J connectivity index is 1.76. The first-order valence-corrected chi connectivity index (χ1v) is 7.63. The molecule has 0 radical (unpaired) electrons. The van der Waals surface area contributed by atoms with Crippen LogP contribution in [-0.4, -0.2) is 34.3 Å². The standard InChI is InChI=1S/C13H17N3O2S/c17-11-5-4-9(15-11)13(18)16-7-2-1-3-10(16)12-14-6-8-19-12/h6,8-10H,1-5,7H2,(H,15,17)/t9-,10-/m0/s1. The molecule has 2 saturated heterocycles. The molecule has 102 valence electrons. The number of carbonyl (C=O) groups excluding carboxylic acids is 2. The molecule has 0 aromatic carbocycles. The molecular formula is C13H17N3O2S. The van der Waals surface area contributed by atoms with E-state index in [9.17, 15) is 9.59 Å². The van der Waals surface area contributed by atoms with Crippen LogP contribution in [0.3, 0.4) is 0 Å². The molecule has 1 aromatic rings. The molecule has 1 aromatic heterocycles. The predicted molar refractivity (Wildman–Crippen MR) is 71.6 cm³/mol. The Labute approximate surface area is 116 Å². The highest BCUT2D eigenvalue weighted by Crippen LogP contribution is 2.33. The molecule has 2 amide bonds. The predicted octanol–water partition coefficient (Wildman–Crippen LogP) is 1.48. The minimum atomic E-state index is -0.326. The molecule has 2 aliphatic heterocycles. The summed E-state index contributed by atoms with van der Waals surface area (Å²) in [4.78, 5) is 30.1. The van der Waals surface area contributed by atoms with Crippen LogP contribution in [0.25, 0.3) is 0 Å². The Bertz CT molecular complexity index is 474. The third kappa shape index (κ3) is 2.49. The van der Waals surface area contributed by atoms with E-state index in [0.717, 1.165) is 30.8 Å². The van der Waals surface area contributed by atoms with Crippen molar-refractivity contribution < 1.29 is 9.59 Å². The maximum Gasteiger partial charge on any atom is 0.245 e. The second kappa shape index (κ2) is 5.28. The molecule has 6 heteroatoms. The van der Waals surface area contributed by atoms with Crippen molar-refractivity contribution in [1.29, 1.82) is 0 Å². The van der Waals surface area contributed by atoms with Gasteiger partial charge in [0.1, 0.15) is 11.0 Å². The zero-order valence-corrected chi connectivity index (χ0v) is 11.5. The summed E-state index contributed by atoms with van der Waals surface area (Å²) in [5, 5.41) is 5.73. The molecule has 3 rings (SSSR count).